The molecule has 4 nitrogen and oxygen atoms in total. The third kappa shape index (κ3) is 4.31. The molecule has 21 heavy (non-hydrogen) atoms. The molecule has 1 atom stereocenters. The van der Waals surface area contributed by atoms with Crippen molar-refractivity contribution in [2.24, 2.45) is 0 Å². The molecule has 0 fully saturated rings. The number of anilines is 1. The van der Waals surface area contributed by atoms with Gasteiger partial charge in [0.2, 0.25) is 0 Å². The zero-order valence-electron chi connectivity index (χ0n) is 12.4. The van der Waals surface area contributed by atoms with E-state index in [9.17, 15) is 4.79 Å². The van der Waals surface area contributed by atoms with Crippen LogP contribution < -0.4 is 10.1 Å². The van der Waals surface area contributed by atoms with Crippen LogP contribution in [0.25, 0.3) is 0 Å². The molecule has 1 unspecified atom stereocenters. The lowest BCUT2D eigenvalue weighted by Crippen LogP contribution is -2.32. The van der Waals surface area contributed by atoms with Crippen LogP contribution in [0.3, 0.4) is 0 Å². The van der Waals surface area contributed by atoms with Gasteiger partial charge in [0.05, 0.1) is 11.9 Å². The Hall–Kier alpha value is -2.36. The van der Waals surface area contributed by atoms with Gasteiger partial charge in [-0.3, -0.25) is 9.78 Å². The first-order valence-corrected chi connectivity index (χ1v) is 7.19. The summed E-state index contributed by atoms with van der Waals surface area (Å²) in [5.74, 6) is 0.547. The molecular formula is C17H20N2O2. The van der Waals surface area contributed by atoms with Crippen LogP contribution in [0.5, 0.6) is 5.75 Å². The molecule has 2 rings (SSSR count). The highest BCUT2D eigenvalue weighted by molar-refractivity contribution is 5.94. The SMILES string of the molecule is CCc1ccc(OC(CC)C(=O)Nc2cccnc2)cc1. The molecule has 0 aliphatic heterocycles. The van der Waals surface area contributed by atoms with Gasteiger partial charge in [-0.25, -0.2) is 0 Å². The van der Waals surface area contributed by atoms with Crippen LogP contribution in [0.15, 0.2) is 48.8 Å². The molecule has 0 saturated heterocycles. The second-order valence-corrected chi connectivity index (χ2v) is 4.74. The van der Waals surface area contributed by atoms with Crippen LogP contribution in [0.2, 0.25) is 0 Å². The first-order chi connectivity index (χ1) is 10.2. The topological polar surface area (TPSA) is 51.2 Å². The largest absolute Gasteiger partial charge is 0.481 e. The van der Waals surface area contributed by atoms with Gasteiger partial charge in [-0.05, 0) is 42.7 Å². The van der Waals surface area contributed by atoms with Crippen molar-refractivity contribution in [2.45, 2.75) is 32.8 Å². The number of ether oxygens (including phenoxy) is 1. The summed E-state index contributed by atoms with van der Waals surface area (Å²) in [6.45, 7) is 4.03. The first-order valence-electron chi connectivity index (χ1n) is 7.19. The van der Waals surface area contributed by atoms with Crippen molar-refractivity contribution in [1.82, 2.24) is 4.98 Å². The summed E-state index contributed by atoms with van der Waals surface area (Å²) < 4.78 is 5.76. The molecular weight excluding hydrogens is 264 g/mol. The molecule has 0 saturated carbocycles. The molecule has 0 spiro atoms. The highest BCUT2D eigenvalue weighted by Crippen LogP contribution is 2.16. The minimum Gasteiger partial charge on any atom is -0.481 e. The number of nitrogens with one attached hydrogen (secondary N) is 1. The van der Waals surface area contributed by atoms with Gasteiger partial charge in [0.25, 0.3) is 5.91 Å². The fraction of sp³-hybridized carbons (Fsp3) is 0.294. The number of nitrogens with zero attached hydrogens (tertiary/aromatic N) is 1. The number of rotatable bonds is 6. The van der Waals surface area contributed by atoms with E-state index in [2.05, 4.69) is 17.2 Å². The fourth-order valence-corrected chi connectivity index (χ4v) is 1.95. The number of carbonyl (C=O) groups excluding carboxylic acids is 1. The molecule has 0 aliphatic carbocycles. The summed E-state index contributed by atoms with van der Waals surface area (Å²) >= 11 is 0. The van der Waals surface area contributed by atoms with E-state index in [0.29, 0.717) is 17.9 Å². The molecule has 1 aromatic carbocycles. The van der Waals surface area contributed by atoms with E-state index in [0.717, 1.165) is 6.42 Å². The monoisotopic (exact) mass is 284 g/mol. The molecule has 1 aromatic heterocycles. The minimum atomic E-state index is -0.516. The van der Waals surface area contributed by atoms with Crippen LogP contribution in [0.4, 0.5) is 5.69 Å². The Morgan fingerprint density at radius 2 is 2.00 bits per heavy atom. The van der Waals surface area contributed by atoms with Crippen LogP contribution in [-0.4, -0.2) is 17.0 Å². The molecule has 4 heteroatoms. The van der Waals surface area contributed by atoms with Crippen molar-refractivity contribution in [3.63, 3.8) is 0 Å². The van der Waals surface area contributed by atoms with Crippen molar-refractivity contribution in [2.75, 3.05) is 5.32 Å². The second-order valence-electron chi connectivity index (χ2n) is 4.74. The Bertz CT molecular complexity index is 567. The van der Waals surface area contributed by atoms with Gasteiger partial charge >= 0.3 is 0 Å². The lowest BCUT2D eigenvalue weighted by Gasteiger charge is -2.17. The van der Waals surface area contributed by atoms with E-state index in [1.165, 1.54) is 5.56 Å². The number of carbonyl (C=O) groups is 1. The third-order valence-corrected chi connectivity index (χ3v) is 3.20. The summed E-state index contributed by atoms with van der Waals surface area (Å²) in [6, 6.07) is 11.4. The van der Waals surface area contributed by atoms with Crippen LogP contribution in [-0.2, 0) is 11.2 Å². The fourth-order valence-electron chi connectivity index (χ4n) is 1.95. The van der Waals surface area contributed by atoms with E-state index in [1.54, 1.807) is 24.5 Å². The highest BCUT2D eigenvalue weighted by Gasteiger charge is 2.18. The van der Waals surface area contributed by atoms with Gasteiger partial charge in [-0.15, -0.1) is 0 Å². The van der Waals surface area contributed by atoms with Crippen molar-refractivity contribution in [3.05, 3.63) is 54.4 Å². The number of aryl methyl sites for hydroxylation is 1. The predicted octanol–water partition coefficient (Wildman–Crippen LogP) is 3.44. The molecule has 2 aromatic rings. The maximum Gasteiger partial charge on any atom is 0.265 e. The molecule has 0 radical (unpaired) electrons. The van der Waals surface area contributed by atoms with Gasteiger partial charge in [-0.2, -0.15) is 0 Å². The van der Waals surface area contributed by atoms with Gasteiger partial charge in [0.15, 0.2) is 6.10 Å². The number of benzene rings is 1. The van der Waals surface area contributed by atoms with Gasteiger partial charge < -0.3 is 10.1 Å². The second kappa shape index (κ2) is 7.43. The average molecular weight is 284 g/mol. The first kappa shape index (κ1) is 15.0. The van der Waals surface area contributed by atoms with Gasteiger partial charge in [-0.1, -0.05) is 26.0 Å². The molecule has 1 heterocycles. The number of amides is 1. The van der Waals surface area contributed by atoms with Crippen molar-refractivity contribution >= 4 is 11.6 Å². The Morgan fingerprint density at radius 3 is 2.57 bits per heavy atom. The Kier molecular flexibility index (Phi) is 5.32. The van der Waals surface area contributed by atoms with E-state index >= 15 is 0 Å². The van der Waals surface area contributed by atoms with Gasteiger partial charge in [0.1, 0.15) is 5.75 Å². The summed E-state index contributed by atoms with van der Waals surface area (Å²) in [4.78, 5) is 16.2. The molecule has 1 amide bonds. The van der Waals surface area contributed by atoms with E-state index in [4.69, 9.17) is 4.74 Å². The summed E-state index contributed by atoms with van der Waals surface area (Å²) in [7, 11) is 0. The molecule has 0 bridgehead atoms. The predicted molar refractivity (Wildman–Crippen MR) is 83.4 cm³/mol. The molecule has 110 valence electrons. The van der Waals surface area contributed by atoms with Crippen molar-refractivity contribution in [3.8, 4) is 5.75 Å². The lowest BCUT2D eigenvalue weighted by molar-refractivity contribution is -0.122. The number of aromatic nitrogens is 1. The Balaban J connectivity index is 1.99. The number of hydrogen-bond acceptors (Lipinski definition) is 3. The smallest absolute Gasteiger partial charge is 0.265 e. The minimum absolute atomic E-state index is 0.162. The van der Waals surface area contributed by atoms with Crippen LogP contribution in [0.1, 0.15) is 25.8 Å². The van der Waals surface area contributed by atoms with E-state index in [1.807, 2.05) is 31.2 Å². The van der Waals surface area contributed by atoms with Gasteiger partial charge in [0, 0.05) is 6.20 Å². The third-order valence-electron chi connectivity index (χ3n) is 3.20. The maximum atomic E-state index is 12.2. The Morgan fingerprint density at radius 1 is 1.24 bits per heavy atom. The lowest BCUT2D eigenvalue weighted by atomic mass is 10.1. The van der Waals surface area contributed by atoms with E-state index < -0.39 is 6.10 Å². The van der Waals surface area contributed by atoms with Crippen molar-refractivity contribution < 1.29 is 9.53 Å². The van der Waals surface area contributed by atoms with E-state index in [-0.39, 0.29) is 5.91 Å². The summed E-state index contributed by atoms with van der Waals surface area (Å²) in [6.07, 6.45) is 4.35. The van der Waals surface area contributed by atoms with Crippen LogP contribution >= 0.6 is 0 Å². The molecule has 0 aliphatic rings. The quantitative estimate of drug-likeness (QED) is 0.884. The standard InChI is InChI=1S/C17H20N2O2/c1-3-13-7-9-15(10-8-13)21-16(4-2)17(20)19-14-6-5-11-18-12-14/h5-12,16H,3-4H2,1-2H3,(H,19,20). The zero-order chi connectivity index (χ0) is 15.1. The average Bonchev–Trinajstić information content (AvgIpc) is 2.54. The van der Waals surface area contributed by atoms with Crippen molar-refractivity contribution in [1.29, 1.82) is 0 Å². The maximum absolute atomic E-state index is 12.2. The zero-order valence-corrected chi connectivity index (χ0v) is 12.4. The molecule has 1 N–H and O–H groups in total. The number of hydrogen-bond donors (Lipinski definition) is 1. The van der Waals surface area contributed by atoms with Crippen LogP contribution in [0, 0.1) is 0 Å². The summed E-state index contributed by atoms with van der Waals surface area (Å²) in [5, 5.41) is 2.81. The normalized spacial score (nSPS) is 11.7. The Labute approximate surface area is 125 Å². The number of pyridine rings is 1. The highest BCUT2D eigenvalue weighted by atomic mass is 16.5. The summed E-state index contributed by atoms with van der Waals surface area (Å²) in [5.41, 5.74) is 1.92.